The third-order valence-corrected chi connectivity index (χ3v) is 4.31. The van der Waals surface area contributed by atoms with Crippen molar-refractivity contribution in [2.24, 2.45) is 11.7 Å². The SMILES string of the molecule is CCC1CC(CN)(c2ccc(Br)cc2)C1. The number of benzene rings is 1. The van der Waals surface area contributed by atoms with Gasteiger partial charge in [-0.2, -0.15) is 0 Å². The van der Waals surface area contributed by atoms with Crippen LogP contribution in [0.4, 0.5) is 0 Å². The summed E-state index contributed by atoms with van der Waals surface area (Å²) in [6.07, 6.45) is 3.82. The summed E-state index contributed by atoms with van der Waals surface area (Å²) in [5, 5.41) is 0. The molecule has 2 heteroatoms. The van der Waals surface area contributed by atoms with Crippen molar-refractivity contribution in [3.63, 3.8) is 0 Å². The zero-order chi connectivity index (χ0) is 10.9. The zero-order valence-electron chi connectivity index (χ0n) is 9.17. The second kappa shape index (κ2) is 4.26. The Kier molecular flexibility index (Phi) is 3.17. The fraction of sp³-hybridized carbons (Fsp3) is 0.538. The molecule has 0 amide bonds. The van der Waals surface area contributed by atoms with Gasteiger partial charge in [0.2, 0.25) is 0 Å². The lowest BCUT2D eigenvalue weighted by atomic mass is 9.58. The highest BCUT2D eigenvalue weighted by Crippen LogP contribution is 2.48. The van der Waals surface area contributed by atoms with Crippen LogP contribution in [0, 0.1) is 5.92 Å². The van der Waals surface area contributed by atoms with E-state index in [1.54, 1.807) is 0 Å². The topological polar surface area (TPSA) is 26.0 Å². The highest BCUT2D eigenvalue weighted by Gasteiger charge is 2.43. The van der Waals surface area contributed by atoms with Crippen molar-refractivity contribution in [3.05, 3.63) is 34.3 Å². The largest absolute Gasteiger partial charge is 0.330 e. The van der Waals surface area contributed by atoms with Crippen LogP contribution in [0.2, 0.25) is 0 Å². The van der Waals surface area contributed by atoms with Gasteiger partial charge in [-0.3, -0.25) is 0 Å². The van der Waals surface area contributed by atoms with E-state index in [0.717, 1.165) is 16.9 Å². The molecule has 1 saturated carbocycles. The predicted octanol–water partition coefficient (Wildman–Crippen LogP) is 3.47. The monoisotopic (exact) mass is 267 g/mol. The van der Waals surface area contributed by atoms with E-state index in [0.29, 0.717) is 0 Å². The van der Waals surface area contributed by atoms with Crippen molar-refractivity contribution in [2.75, 3.05) is 6.54 Å². The Balaban J connectivity index is 2.18. The molecule has 2 rings (SSSR count). The Morgan fingerprint density at radius 3 is 2.40 bits per heavy atom. The molecule has 0 bridgehead atoms. The molecule has 0 atom stereocenters. The van der Waals surface area contributed by atoms with Gasteiger partial charge in [-0.1, -0.05) is 41.4 Å². The summed E-state index contributed by atoms with van der Waals surface area (Å²) >= 11 is 3.47. The van der Waals surface area contributed by atoms with Crippen molar-refractivity contribution >= 4 is 15.9 Å². The standard InChI is InChI=1S/C13H18BrN/c1-2-10-7-13(8-10,9-15)11-3-5-12(14)6-4-11/h3-6,10H,2,7-9,15H2,1H3. The molecule has 15 heavy (non-hydrogen) atoms. The Labute approximate surface area is 100 Å². The van der Waals surface area contributed by atoms with Gasteiger partial charge in [-0.15, -0.1) is 0 Å². The molecule has 0 saturated heterocycles. The van der Waals surface area contributed by atoms with Crippen LogP contribution in [0.5, 0.6) is 0 Å². The lowest BCUT2D eigenvalue weighted by Crippen LogP contribution is -2.46. The Morgan fingerprint density at radius 1 is 1.33 bits per heavy atom. The smallest absolute Gasteiger partial charge is 0.0175 e. The second-order valence-electron chi connectivity index (χ2n) is 4.67. The Hall–Kier alpha value is -0.340. The minimum Gasteiger partial charge on any atom is -0.330 e. The molecular formula is C13H18BrN. The van der Waals surface area contributed by atoms with Crippen LogP contribution in [0.15, 0.2) is 28.7 Å². The van der Waals surface area contributed by atoms with Gasteiger partial charge in [0.15, 0.2) is 0 Å². The van der Waals surface area contributed by atoms with Gasteiger partial charge in [-0.05, 0) is 36.5 Å². The fourth-order valence-electron chi connectivity index (χ4n) is 2.66. The first-order chi connectivity index (χ1) is 7.20. The van der Waals surface area contributed by atoms with Crippen molar-refractivity contribution in [3.8, 4) is 0 Å². The minimum absolute atomic E-state index is 0.279. The average molecular weight is 268 g/mol. The van der Waals surface area contributed by atoms with Gasteiger partial charge in [-0.25, -0.2) is 0 Å². The molecule has 2 N–H and O–H groups in total. The third-order valence-electron chi connectivity index (χ3n) is 3.78. The van der Waals surface area contributed by atoms with Crippen molar-refractivity contribution in [2.45, 2.75) is 31.6 Å². The number of rotatable bonds is 3. The summed E-state index contributed by atoms with van der Waals surface area (Å²) in [4.78, 5) is 0. The Bertz CT molecular complexity index is 325. The van der Waals surface area contributed by atoms with Gasteiger partial charge in [0.1, 0.15) is 0 Å². The van der Waals surface area contributed by atoms with Crippen LogP contribution >= 0.6 is 15.9 Å². The first kappa shape index (κ1) is 11.2. The molecule has 1 aliphatic carbocycles. The van der Waals surface area contributed by atoms with Crippen molar-refractivity contribution < 1.29 is 0 Å². The summed E-state index contributed by atoms with van der Waals surface area (Å²) in [5.41, 5.74) is 7.64. The maximum atomic E-state index is 5.94. The van der Waals surface area contributed by atoms with E-state index in [1.165, 1.54) is 24.8 Å². The molecule has 0 aromatic heterocycles. The minimum atomic E-state index is 0.279. The second-order valence-corrected chi connectivity index (χ2v) is 5.59. The van der Waals surface area contributed by atoms with E-state index in [4.69, 9.17) is 5.73 Å². The number of hydrogen-bond acceptors (Lipinski definition) is 1. The van der Waals surface area contributed by atoms with E-state index in [2.05, 4.69) is 47.1 Å². The number of nitrogens with two attached hydrogens (primary N) is 1. The normalized spacial score (nSPS) is 29.9. The molecule has 1 nitrogen and oxygen atoms in total. The maximum absolute atomic E-state index is 5.94. The number of hydrogen-bond donors (Lipinski definition) is 1. The van der Waals surface area contributed by atoms with Crippen LogP contribution in [0.3, 0.4) is 0 Å². The quantitative estimate of drug-likeness (QED) is 0.892. The molecule has 1 aliphatic rings. The van der Waals surface area contributed by atoms with Gasteiger partial charge >= 0.3 is 0 Å². The van der Waals surface area contributed by atoms with Crippen LogP contribution in [0.25, 0.3) is 0 Å². The summed E-state index contributed by atoms with van der Waals surface area (Å²) in [5.74, 6) is 0.886. The maximum Gasteiger partial charge on any atom is 0.0175 e. The van der Waals surface area contributed by atoms with E-state index in [9.17, 15) is 0 Å². The first-order valence-electron chi connectivity index (χ1n) is 5.66. The summed E-state index contributed by atoms with van der Waals surface area (Å²) < 4.78 is 1.14. The molecule has 0 aliphatic heterocycles. The van der Waals surface area contributed by atoms with Gasteiger partial charge in [0.05, 0.1) is 0 Å². The van der Waals surface area contributed by atoms with Crippen LogP contribution in [-0.4, -0.2) is 6.54 Å². The van der Waals surface area contributed by atoms with Gasteiger partial charge in [0, 0.05) is 16.4 Å². The molecule has 0 heterocycles. The molecule has 1 aromatic rings. The summed E-state index contributed by atoms with van der Waals surface area (Å²) in [6, 6.07) is 8.66. The van der Waals surface area contributed by atoms with E-state index >= 15 is 0 Å². The molecular weight excluding hydrogens is 250 g/mol. The summed E-state index contributed by atoms with van der Waals surface area (Å²) in [6.45, 7) is 3.05. The van der Waals surface area contributed by atoms with Crippen LogP contribution in [-0.2, 0) is 5.41 Å². The first-order valence-corrected chi connectivity index (χ1v) is 6.45. The highest BCUT2D eigenvalue weighted by atomic mass is 79.9. The van der Waals surface area contributed by atoms with E-state index in [1.807, 2.05) is 0 Å². The molecule has 0 radical (unpaired) electrons. The molecule has 82 valence electrons. The lowest BCUT2D eigenvalue weighted by Gasteiger charge is -2.47. The third kappa shape index (κ3) is 1.98. The van der Waals surface area contributed by atoms with Crippen molar-refractivity contribution in [1.29, 1.82) is 0 Å². The fourth-order valence-corrected chi connectivity index (χ4v) is 2.92. The van der Waals surface area contributed by atoms with Crippen LogP contribution in [0.1, 0.15) is 31.7 Å². The van der Waals surface area contributed by atoms with E-state index < -0.39 is 0 Å². The van der Waals surface area contributed by atoms with Crippen molar-refractivity contribution in [1.82, 2.24) is 0 Å². The molecule has 0 spiro atoms. The Morgan fingerprint density at radius 2 is 1.93 bits per heavy atom. The average Bonchev–Trinajstić information content (AvgIpc) is 2.20. The summed E-state index contributed by atoms with van der Waals surface area (Å²) in [7, 11) is 0. The van der Waals surface area contributed by atoms with Crippen LogP contribution < -0.4 is 5.73 Å². The van der Waals surface area contributed by atoms with E-state index in [-0.39, 0.29) is 5.41 Å². The lowest BCUT2D eigenvalue weighted by molar-refractivity contribution is 0.144. The van der Waals surface area contributed by atoms with Gasteiger partial charge in [0.25, 0.3) is 0 Å². The van der Waals surface area contributed by atoms with Gasteiger partial charge < -0.3 is 5.73 Å². The predicted molar refractivity (Wildman–Crippen MR) is 67.9 cm³/mol. The zero-order valence-corrected chi connectivity index (χ0v) is 10.8. The number of halogens is 1. The molecule has 0 unspecified atom stereocenters. The molecule has 1 aromatic carbocycles. The highest BCUT2D eigenvalue weighted by molar-refractivity contribution is 9.10. The molecule has 1 fully saturated rings.